The van der Waals surface area contributed by atoms with Gasteiger partial charge in [0.25, 0.3) is 8.32 Å². The van der Waals surface area contributed by atoms with E-state index in [1.54, 1.807) is 0 Å². The zero-order valence-electron chi connectivity index (χ0n) is 17.0. The lowest BCUT2D eigenvalue weighted by atomic mass is 10.1. The van der Waals surface area contributed by atoms with Gasteiger partial charge in [-0.05, 0) is 21.8 Å². The minimum Gasteiger partial charge on any atom is -0.404 e. The molecule has 1 N–H and O–H groups in total. The van der Waals surface area contributed by atoms with Gasteiger partial charge in [-0.15, -0.1) is 0 Å². The normalized spacial score (nSPS) is 12.9. The monoisotopic (exact) mass is 380 g/mol. The fourth-order valence-electron chi connectivity index (χ4n) is 3.71. The van der Waals surface area contributed by atoms with Gasteiger partial charge < -0.3 is 9.53 Å². The molecule has 0 saturated carbocycles. The summed E-state index contributed by atoms with van der Waals surface area (Å²) >= 11 is 0. The Labute approximate surface area is 165 Å². The van der Waals surface area contributed by atoms with Crippen molar-refractivity contribution in [1.82, 2.24) is 0 Å². The van der Waals surface area contributed by atoms with E-state index in [-0.39, 0.29) is 17.7 Å². The Bertz CT molecular complexity index is 699. The van der Waals surface area contributed by atoms with Crippen LogP contribution < -0.4 is 10.4 Å². The van der Waals surface area contributed by atoms with Crippen molar-refractivity contribution < 1.29 is 9.53 Å². The molecule has 2 aromatic rings. The molecule has 2 rings (SSSR count). The number of aliphatic hydroxyl groups is 1. The van der Waals surface area contributed by atoms with Crippen LogP contribution in [0.25, 0.3) is 0 Å². The van der Waals surface area contributed by atoms with Gasteiger partial charge in [-0.3, -0.25) is 0 Å². The third-order valence-corrected chi connectivity index (χ3v) is 10.00. The molecule has 144 valence electrons. The number of rotatable bonds is 7. The second kappa shape index (κ2) is 9.89. The molecule has 0 spiro atoms. The van der Waals surface area contributed by atoms with Gasteiger partial charge in [0, 0.05) is 6.42 Å². The smallest absolute Gasteiger partial charge is 0.261 e. The van der Waals surface area contributed by atoms with Gasteiger partial charge in [-0.25, -0.2) is 0 Å². The average molecular weight is 381 g/mol. The van der Waals surface area contributed by atoms with E-state index in [4.69, 9.17) is 9.53 Å². The van der Waals surface area contributed by atoms with Crippen molar-refractivity contribution >= 4 is 18.7 Å². The summed E-state index contributed by atoms with van der Waals surface area (Å²) in [5.41, 5.74) is 0. The van der Waals surface area contributed by atoms with Crippen LogP contribution in [0.15, 0.2) is 60.7 Å². The number of hydrogen-bond donors (Lipinski definition) is 1. The van der Waals surface area contributed by atoms with Crippen LogP contribution in [-0.4, -0.2) is 26.1 Å². The van der Waals surface area contributed by atoms with Crippen LogP contribution in [0.3, 0.4) is 0 Å². The van der Waals surface area contributed by atoms with Gasteiger partial charge in [-0.2, -0.15) is 0 Å². The summed E-state index contributed by atoms with van der Waals surface area (Å²) in [5, 5.41) is 11.6. The Morgan fingerprint density at radius 1 is 0.926 bits per heavy atom. The van der Waals surface area contributed by atoms with Crippen LogP contribution in [0.1, 0.15) is 47.0 Å². The first-order chi connectivity index (χ1) is 13.0. The summed E-state index contributed by atoms with van der Waals surface area (Å²) in [6, 6.07) is 21.4. The summed E-state index contributed by atoms with van der Waals surface area (Å²) < 4.78 is 7.12. The van der Waals surface area contributed by atoms with Crippen LogP contribution in [0.5, 0.6) is 0 Å². The molecule has 0 saturated heterocycles. The summed E-state index contributed by atoms with van der Waals surface area (Å²) in [6.45, 7) is 8.96. The summed E-state index contributed by atoms with van der Waals surface area (Å²) in [4.78, 5) is 0. The van der Waals surface area contributed by atoms with E-state index in [9.17, 15) is 0 Å². The van der Waals surface area contributed by atoms with Gasteiger partial charge in [0.05, 0.1) is 6.10 Å². The molecule has 1 atom stereocenters. The fraction of sp³-hybridized carbons (Fsp3) is 0.417. The van der Waals surface area contributed by atoms with Gasteiger partial charge in [-0.1, -0.05) is 107 Å². The number of aliphatic hydroxyl groups excluding tert-OH is 1. The van der Waals surface area contributed by atoms with Crippen LogP contribution in [0.2, 0.25) is 5.04 Å². The van der Waals surface area contributed by atoms with Crippen LogP contribution in [0.4, 0.5) is 0 Å². The van der Waals surface area contributed by atoms with Crippen molar-refractivity contribution in [3.8, 4) is 11.8 Å². The van der Waals surface area contributed by atoms with E-state index in [2.05, 4.69) is 100 Å². The van der Waals surface area contributed by atoms with E-state index < -0.39 is 8.32 Å². The maximum absolute atomic E-state index is 9.02. The molecule has 0 amide bonds. The Balaban J connectivity index is 2.60. The predicted octanol–water partition coefficient (Wildman–Crippen LogP) is 4.12. The van der Waals surface area contributed by atoms with E-state index in [1.807, 2.05) is 0 Å². The molecular formula is C24H32O2Si. The van der Waals surface area contributed by atoms with Crippen molar-refractivity contribution in [3.63, 3.8) is 0 Å². The third kappa shape index (κ3) is 5.10. The highest BCUT2D eigenvalue weighted by atomic mass is 28.4. The van der Waals surface area contributed by atoms with Crippen molar-refractivity contribution in [2.75, 3.05) is 6.61 Å². The molecule has 0 aliphatic rings. The largest absolute Gasteiger partial charge is 0.404 e. The minimum absolute atomic E-state index is 0.0356. The van der Waals surface area contributed by atoms with Crippen LogP contribution in [-0.2, 0) is 4.43 Å². The Hall–Kier alpha value is -1.86. The van der Waals surface area contributed by atoms with E-state index in [0.717, 1.165) is 12.8 Å². The molecule has 3 heteroatoms. The quantitative estimate of drug-likeness (QED) is 0.578. The third-order valence-electron chi connectivity index (χ3n) is 4.90. The lowest BCUT2D eigenvalue weighted by Gasteiger charge is -2.45. The van der Waals surface area contributed by atoms with Gasteiger partial charge in [0.1, 0.15) is 6.61 Å². The maximum atomic E-state index is 9.02. The number of benzene rings is 2. The molecule has 0 bridgehead atoms. The molecule has 0 aliphatic carbocycles. The highest BCUT2D eigenvalue weighted by Gasteiger charge is 2.51. The lowest BCUT2D eigenvalue weighted by Crippen LogP contribution is -2.67. The van der Waals surface area contributed by atoms with Crippen LogP contribution in [0, 0.1) is 11.8 Å². The predicted molar refractivity (Wildman–Crippen MR) is 117 cm³/mol. The average Bonchev–Trinajstić information content (AvgIpc) is 2.66. The fourth-order valence-corrected chi connectivity index (χ4v) is 8.42. The molecule has 0 aromatic heterocycles. The molecule has 0 radical (unpaired) electrons. The van der Waals surface area contributed by atoms with Gasteiger partial charge in [0.2, 0.25) is 0 Å². The van der Waals surface area contributed by atoms with Gasteiger partial charge in [0.15, 0.2) is 0 Å². The second-order valence-electron chi connectivity index (χ2n) is 7.91. The summed E-state index contributed by atoms with van der Waals surface area (Å²) in [7, 11) is -2.54. The molecule has 2 nitrogen and oxygen atoms in total. The molecule has 2 aromatic carbocycles. The number of hydrogen-bond acceptors (Lipinski definition) is 2. The molecule has 0 unspecified atom stereocenters. The molecular weight excluding hydrogens is 348 g/mol. The highest BCUT2D eigenvalue weighted by Crippen LogP contribution is 2.38. The molecule has 0 heterocycles. The lowest BCUT2D eigenvalue weighted by molar-refractivity contribution is 0.181. The first-order valence-electron chi connectivity index (χ1n) is 9.81. The van der Waals surface area contributed by atoms with Crippen molar-refractivity contribution in [2.45, 2.75) is 58.1 Å². The Morgan fingerprint density at radius 3 is 1.85 bits per heavy atom. The molecule has 27 heavy (non-hydrogen) atoms. The van der Waals surface area contributed by atoms with E-state index in [0.29, 0.717) is 6.42 Å². The molecule has 0 aliphatic heterocycles. The molecule has 0 fully saturated rings. The topological polar surface area (TPSA) is 29.5 Å². The Morgan fingerprint density at radius 2 is 1.44 bits per heavy atom. The van der Waals surface area contributed by atoms with Crippen molar-refractivity contribution in [2.24, 2.45) is 0 Å². The van der Waals surface area contributed by atoms with E-state index in [1.165, 1.54) is 10.4 Å². The summed E-state index contributed by atoms with van der Waals surface area (Å²) in [6.07, 6.45) is 2.72. The standard InChI is InChI=1S/C24H32O2Si/c1-5-14-21(15-12-13-20-25)26-27(24(2,3)4,22-16-8-6-9-17-22)23-18-10-7-11-19-23/h6-11,16-19,21,25H,5,14-15,20H2,1-4H3/t21-/m1/s1. The highest BCUT2D eigenvalue weighted by molar-refractivity contribution is 6.99. The second-order valence-corrected chi connectivity index (χ2v) is 12.2. The van der Waals surface area contributed by atoms with Gasteiger partial charge >= 0.3 is 0 Å². The zero-order valence-corrected chi connectivity index (χ0v) is 18.0. The maximum Gasteiger partial charge on any atom is 0.261 e. The first kappa shape index (κ1) is 21.4. The van der Waals surface area contributed by atoms with E-state index >= 15 is 0 Å². The first-order valence-corrected chi connectivity index (χ1v) is 11.7. The summed E-state index contributed by atoms with van der Waals surface area (Å²) in [5.74, 6) is 5.88. The zero-order chi connectivity index (χ0) is 19.8. The van der Waals surface area contributed by atoms with Crippen molar-refractivity contribution in [1.29, 1.82) is 0 Å². The minimum atomic E-state index is -2.54. The SMILES string of the molecule is CCC[C@H](CC#CCO)O[Si](c1ccccc1)(c1ccccc1)C(C)(C)C. The van der Waals surface area contributed by atoms with Crippen LogP contribution >= 0.6 is 0 Å². The Kier molecular flexibility index (Phi) is 7.86. The van der Waals surface area contributed by atoms with Crippen molar-refractivity contribution in [3.05, 3.63) is 60.7 Å².